The topological polar surface area (TPSA) is 55.8 Å². The summed E-state index contributed by atoms with van der Waals surface area (Å²) in [6.45, 7) is 1.62. The second-order valence-corrected chi connectivity index (χ2v) is 6.22. The fourth-order valence-corrected chi connectivity index (χ4v) is 3.19. The maximum Gasteiger partial charge on any atom is 0.339 e. The predicted molar refractivity (Wildman–Crippen MR) is 98.1 cm³/mol. The van der Waals surface area contributed by atoms with Gasteiger partial charge in [0.05, 0.1) is 13.2 Å². The molecule has 0 amide bonds. The molecule has 1 heterocycles. The Morgan fingerprint density at radius 2 is 1.73 bits per heavy atom. The Balaban J connectivity index is 1.62. The lowest BCUT2D eigenvalue weighted by Crippen LogP contribution is -2.04. The summed E-state index contributed by atoms with van der Waals surface area (Å²) in [5.74, 6) is -0.621. The number of benzene rings is 3. The highest BCUT2D eigenvalue weighted by Gasteiger charge is 2.14. The molecule has 0 radical (unpaired) electrons. The lowest BCUT2D eigenvalue weighted by Gasteiger charge is -2.13. The molecule has 1 aliphatic heterocycles. The third-order valence-electron chi connectivity index (χ3n) is 4.55. The Morgan fingerprint density at radius 3 is 2.62 bits per heavy atom. The van der Waals surface area contributed by atoms with Crippen molar-refractivity contribution < 1.29 is 19.4 Å². The molecule has 0 spiro atoms. The van der Waals surface area contributed by atoms with E-state index in [-0.39, 0.29) is 5.56 Å². The summed E-state index contributed by atoms with van der Waals surface area (Å²) in [6, 6.07) is 21.1. The molecule has 26 heavy (non-hydrogen) atoms. The zero-order chi connectivity index (χ0) is 17.9. The zero-order valence-electron chi connectivity index (χ0n) is 14.1. The molecule has 4 rings (SSSR count). The molecule has 3 aromatic carbocycles. The molecule has 0 atom stereocenters. The van der Waals surface area contributed by atoms with Crippen LogP contribution >= 0.6 is 0 Å². The zero-order valence-corrected chi connectivity index (χ0v) is 14.1. The van der Waals surface area contributed by atoms with Crippen LogP contribution in [-0.2, 0) is 24.6 Å². The van der Waals surface area contributed by atoms with E-state index in [2.05, 4.69) is 24.3 Å². The van der Waals surface area contributed by atoms with E-state index in [0.717, 1.165) is 16.7 Å². The minimum atomic E-state index is -0.993. The molecule has 0 unspecified atom stereocenters. The molecular formula is C22H18O4. The number of rotatable bonds is 5. The summed E-state index contributed by atoms with van der Waals surface area (Å²) in [7, 11) is 0. The van der Waals surface area contributed by atoms with Crippen LogP contribution in [0.25, 0.3) is 11.1 Å². The van der Waals surface area contributed by atoms with Crippen LogP contribution in [0.4, 0.5) is 0 Å². The van der Waals surface area contributed by atoms with Gasteiger partial charge in [-0.1, -0.05) is 48.5 Å². The largest absolute Gasteiger partial charge is 0.488 e. The highest BCUT2D eigenvalue weighted by Crippen LogP contribution is 2.30. The lowest BCUT2D eigenvalue weighted by atomic mass is 9.97. The van der Waals surface area contributed by atoms with Gasteiger partial charge in [0.15, 0.2) is 0 Å². The Hall–Kier alpha value is -3.11. The summed E-state index contributed by atoms with van der Waals surface area (Å²) in [5, 5.41) is 9.29. The highest BCUT2D eigenvalue weighted by atomic mass is 16.5. The summed E-state index contributed by atoms with van der Waals surface area (Å²) in [4.78, 5) is 11.3. The Labute approximate surface area is 151 Å². The van der Waals surface area contributed by atoms with E-state index in [1.807, 2.05) is 18.2 Å². The quantitative estimate of drug-likeness (QED) is 0.730. The summed E-state index contributed by atoms with van der Waals surface area (Å²) in [5.41, 5.74) is 5.81. The number of carboxylic acid groups (broad SMARTS) is 1. The SMILES string of the molecule is O=C(O)c1ccccc1OCc1ccccc1-c1ccc2c(c1)COC2. The van der Waals surface area contributed by atoms with Gasteiger partial charge in [-0.2, -0.15) is 0 Å². The fourth-order valence-electron chi connectivity index (χ4n) is 3.19. The first-order chi connectivity index (χ1) is 12.7. The van der Waals surface area contributed by atoms with Crippen molar-refractivity contribution in [2.75, 3.05) is 0 Å². The second kappa shape index (κ2) is 7.02. The molecule has 130 valence electrons. The highest BCUT2D eigenvalue weighted by molar-refractivity contribution is 5.90. The number of hydrogen-bond acceptors (Lipinski definition) is 3. The normalized spacial score (nSPS) is 12.6. The van der Waals surface area contributed by atoms with Gasteiger partial charge >= 0.3 is 5.97 Å². The van der Waals surface area contributed by atoms with Crippen molar-refractivity contribution in [3.05, 3.63) is 89.0 Å². The molecule has 0 fully saturated rings. The Morgan fingerprint density at radius 1 is 0.962 bits per heavy atom. The van der Waals surface area contributed by atoms with Crippen LogP contribution in [0.5, 0.6) is 5.75 Å². The van der Waals surface area contributed by atoms with Gasteiger partial charge in [-0.3, -0.25) is 0 Å². The van der Waals surface area contributed by atoms with E-state index in [1.54, 1.807) is 24.3 Å². The second-order valence-electron chi connectivity index (χ2n) is 6.22. The van der Waals surface area contributed by atoms with E-state index in [0.29, 0.717) is 25.6 Å². The minimum Gasteiger partial charge on any atom is -0.488 e. The number of ether oxygens (including phenoxy) is 2. The van der Waals surface area contributed by atoms with Crippen LogP contribution in [0.3, 0.4) is 0 Å². The van der Waals surface area contributed by atoms with Crippen molar-refractivity contribution in [3.63, 3.8) is 0 Å². The van der Waals surface area contributed by atoms with Crippen LogP contribution in [0.2, 0.25) is 0 Å². The van der Waals surface area contributed by atoms with E-state index in [1.165, 1.54) is 11.1 Å². The van der Waals surface area contributed by atoms with Gasteiger partial charge in [0, 0.05) is 0 Å². The van der Waals surface area contributed by atoms with Gasteiger partial charge in [0.1, 0.15) is 17.9 Å². The first kappa shape index (κ1) is 16.4. The van der Waals surface area contributed by atoms with Crippen LogP contribution < -0.4 is 4.74 Å². The van der Waals surface area contributed by atoms with Gasteiger partial charge in [-0.15, -0.1) is 0 Å². The third kappa shape index (κ3) is 3.19. The average Bonchev–Trinajstić information content (AvgIpc) is 3.14. The van der Waals surface area contributed by atoms with Crippen molar-refractivity contribution in [2.24, 2.45) is 0 Å². The minimum absolute atomic E-state index is 0.166. The molecule has 1 N–H and O–H groups in total. The molecule has 4 nitrogen and oxygen atoms in total. The smallest absolute Gasteiger partial charge is 0.339 e. The first-order valence-electron chi connectivity index (χ1n) is 8.45. The lowest BCUT2D eigenvalue weighted by molar-refractivity contribution is 0.0692. The van der Waals surface area contributed by atoms with E-state index in [9.17, 15) is 9.90 Å². The van der Waals surface area contributed by atoms with Crippen molar-refractivity contribution in [1.29, 1.82) is 0 Å². The number of carbonyl (C=O) groups is 1. The molecule has 0 saturated carbocycles. The van der Waals surface area contributed by atoms with Crippen molar-refractivity contribution in [2.45, 2.75) is 19.8 Å². The summed E-state index contributed by atoms with van der Waals surface area (Å²) >= 11 is 0. The fraction of sp³-hybridized carbons (Fsp3) is 0.136. The number of aromatic carboxylic acids is 1. The van der Waals surface area contributed by atoms with E-state index in [4.69, 9.17) is 9.47 Å². The average molecular weight is 346 g/mol. The third-order valence-corrected chi connectivity index (χ3v) is 4.55. The molecular weight excluding hydrogens is 328 g/mol. The van der Waals surface area contributed by atoms with E-state index >= 15 is 0 Å². The Kier molecular flexibility index (Phi) is 4.42. The molecule has 0 aliphatic carbocycles. The maximum atomic E-state index is 11.3. The number of hydrogen-bond donors (Lipinski definition) is 1. The van der Waals surface area contributed by atoms with Gasteiger partial charge in [-0.25, -0.2) is 4.79 Å². The van der Waals surface area contributed by atoms with E-state index < -0.39 is 5.97 Å². The van der Waals surface area contributed by atoms with Crippen LogP contribution in [0.1, 0.15) is 27.0 Å². The molecule has 0 saturated heterocycles. The summed E-state index contributed by atoms with van der Waals surface area (Å²) < 4.78 is 11.3. The predicted octanol–water partition coefficient (Wildman–Crippen LogP) is 4.66. The van der Waals surface area contributed by atoms with Crippen molar-refractivity contribution >= 4 is 5.97 Å². The standard InChI is InChI=1S/C22H18O4/c23-22(24)20-7-3-4-8-21(20)26-14-17-5-1-2-6-19(17)15-9-10-16-12-25-13-18(16)11-15/h1-11H,12-14H2,(H,23,24). The van der Waals surface area contributed by atoms with Crippen LogP contribution in [0, 0.1) is 0 Å². The molecule has 4 heteroatoms. The van der Waals surface area contributed by atoms with Crippen molar-refractivity contribution in [3.8, 4) is 16.9 Å². The van der Waals surface area contributed by atoms with Gasteiger partial charge in [0.25, 0.3) is 0 Å². The monoisotopic (exact) mass is 346 g/mol. The molecule has 0 aromatic heterocycles. The molecule has 0 bridgehead atoms. The van der Waals surface area contributed by atoms with Gasteiger partial charge in [0.2, 0.25) is 0 Å². The molecule has 3 aromatic rings. The maximum absolute atomic E-state index is 11.3. The summed E-state index contributed by atoms with van der Waals surface area (Å²) in [6.07, 6.45) is 0. The van der Waals surface area contributed by atoms with Gasteiger partial charge in [-0.05, 0) is 46.0 Å². The van der Waals surface area contributed by atoms with Crippen molar-refractivity contribution in [1.82, 2.24) is 0 Å². The van der Waals surface area contributed by atoms with Crippen LogP contribution in [0.15, 0.2) is 66.7 Å². The number of para-hydroxylation sites is 1. The van der Waals surface area contributed by atoms with Crippen LogP contribution in [-0.4, -0.2) is 11.1 Å². The Bertz CT molecular complexity index is 962. The molecule has 1 aliphatic rings. The first-order valence-corrected chi connectivity index (χ1v) is 8.45. The van der Waals surface area contributed by atoms with Gasteiger partial charge < -0.3 is 14.6 Å². The number of carboxylic acids is 1. The number of fused-ring (bicyclic) bond motifs is 1.